The van der Waals surface area contributed by atoms with Gasteiger partial charge in [-0.25, -0.2) is 0 Å². The van der Waals surface area contributed by atoms with Crippen LogP contribution < -0.4 is 14.2 Å². The third-order valence-electron chi connectivity index (χ3n) is 5.68. The van der Waals surface area contributed by atoms with Crippen LogP contribution >= 0.6 is 11.6 Å². The minimum Gasteiger partial charge on any atom is -0.493 e. The molecule has 0 fully saturated rings. The van der Waals surface area contributed by atoms with Crippen molar-refractivity contribution >= 4 is 23.4 Å². The molecule has 0 radical (unpaired) electrons. The lowest BCUT2D eigenvalue weighted by Gasteiger charge is -2.17. The van der Waals surface area contributed by atoms with Crippen LogP contribution in [0.5, 0.6) is 23.0 Å². The van der Waals surface area contributed by atoms with Crippen LogP contribution in [0.15, 0.2) is 48.5 Å². The van der Waals surface area contributed by atoms with Crippen molar-refractivity contribution in [2.45, 2.75) is 31.5 Å². The van der Waals surface area contributed by atoms with Gasteiger partial charge in [0, 0.05) is 25.9 Å². The fraction of sp³-hybridized carbons (Fsp3) is 0.533. The number of carbonyl (C=O) groups is 2. The third-order valence-corrected chi connectivity index (χ3v) is 6.02. The van der Waals surface area contributed by atoms with Gasteiger partial charge in [0.1, 0.15) is 48.4 Å². The predicted octanol–water partition coefficient (Wildman–Crippen LogP) is 3.63. The van der Waals surface area contributed by atoms with Gasteiger partial charge in [0.25, 0.3) is 0 Å². The highest BCUT2D eigenvalue weighted by molar-refractivity contribution is 6.18. The summed E-state index contributed by atoms with van der Waals surface area (Å²) >= 11 is 5.94. The maximum atomic E-state index is 11.9. The van der Waals surface area contributed by atoms with Gasteiger partial charge in [0.05, 0.1) is 25.5 Å². The Kier molecular flexibility index (Phi) is 16.1. The van der Waals surface area contributed by atoms with Gasteiger partial charge in [-0.3, -0.25) is 9.59 Å². The highest BCUT2D eigenvalue weighted by Gasteiger charge is 2.14. The molecular formula is C30H43ClN2O8. The molecule has 0 bridgehead atoms. The first-order chi connectivity index (χ1) is 19.6. The van der Waals surface area contributed by atoms with E-state index in [-0.39, 0.29) is 37.5 Å². The third kappa shape index (κ3) is 15.6. The Morgan fingerprint density at radius 1 is 0.805 bits per heavy atom. The summed E-state index contributed by atoms with van der Waals surface area (Å²) in [4.78, 5) is 27.5. The van der Waals surface area contributed by atoms with E-state index >= 15 is 0 Å². The number of rotatable bonds is 21. The summed E-state index contributed by atoms with van der Waals surface area (Å²) in [5.41, 5.74) is 0. The minimum absolute atomic E-state index is 0.00378. The molecule has 0 aliphatic carbocycles. The van der Waals surface area contributed by atoms with E-state index in [4.69, 9.17) is 35.3 Å². The SMILES string of the molecule is CN(C)CCC(=O)COCC(O)COc1ccc(Oc2ccc(OCCC(CCl)OC(=O)CCN(C)C)cc2)cc1. The lowest BCUT2D eigenvalue weighted by molar-refractivity contribution is -0.148. The smallest absolute Gasteiger partial charge is 0.307 e. The molecule has 2 unspecified atom stereocenters. The number of hydrogen-bond donors (Lipinski definition) is 1. The molecule has 0 heterocycles. The van der Waals surface area contributed by atoms with Crippen molar-refractivity contribution in [1.29, 1.82) is 0 Å². The van der Waals surface area contributed by atoms with Crippen molar-refractivity contribution in [2.24, 2.45) is 0 Å². The number of Topliss-reactive ketones (excluding diaryl/α,β-unsaturated/α-hetero) is 1. The molecule has 0 saturated carbocycles. The lowest BCUT2D eigenvalue weighted by atomic mass is 10.3. The van der Waals surface area contributed by atoms with Crippen molar-refractivity contribution < 1.29 is 38.4 Å². The van der Waals surface area contributed by atoms with Crippen molar-refractivity contribution in [2.75, 3.05) is 73.6 Å². The number of ketones is 1. The number of ether oxygens (including phenoxy) is 5. The highest BCUT2D eigenvalue weighted by Crippen LogP contribution is 2.26. The van der Waals surface area contributed by atoms with Crippen molar-refractivity contribution in [3.05, 3.63) is 48.5 Å². The van der Waals surface area contributed by atoms with Crippen molar-refractivity contribution in [3.63, 3.8) is 0 Å². The highest BCUT2D eigenvalue weighted by atomic mass is 35.5. The second kappa shape index (κ2) is 19.3. The summed E-state index contributed by atoms with van der Waals surface area (Å²) in [6.07, 6.45) is -0.0219. The molecule has 11 heteroatoms. The number of alkyl halides is 1. The first kappa shape index (κ1) is 34.3. The Morgan fingerprint density at radius 2 is 1.34 bits per heavy atom. The number of aliphatic hydroxyl groups excluding tert-OH is 1. The van der Waals surface area contributed by atoms with Crippen molar-refractivity contribution in [3.8, 4) is 23.0 Å². The van der Waals surface area contributed by atoms with Crippen LogP contribution in [0.1, 0.15) is 19.3 Å². The summed E-state index contributed by atoms with van der Waals surface area (Å²) in [5.74, 6) is 2.42. The molecule has 10 nitrogen and oxygen atoms in total. The number of carbonyl (C=O) groups excluding carboxylic acids is 2. The number of aliphatic hydroxyl groups is 1. The molecule has 1 N–H and O–H groups in total. The van der Waals surface area contributed by atoms with E-state index in [0.717, 1.165) is 0 Å². The standard InChI is InChI=1S/C30H43ClN2O8/c1-32(2)16-13-23(34)20-37-21-24(35)22-39-26-7-11-28(12-8-26)40-27-9-5-25(6-10-27)38-18-15-29(19-31)41-30(36)14-17-33(3)4/h5-12,24,29,35H,13-22H2,1-4H3. The topological polar surface area (TPSA) is 107 Å². The van der Waals surface area contributed by atoms with Gasteiger partial charge in [-0.1, -0.05) is 0 Å². The van der Waals surface area contributed by atoms with E-state index in [1.807, 2.05) is 38.0 Å². The van der Waals surface area contributed by atoms with Gasteiger partial charge < -0.3 is 38.6 Å². The molecule has 0 aromatic heterocycles. The van der Waals surface area contributed by atoms with E-state index in [2.05, 4.69) is 0 Å². The second-order valence-corrected chi connectivity index (χ2v) is 10.4. The molecule has 0 aliphatic heterocycles. The molecule has 2 rings (SSSR count). The maximum Gasteiger partial charge on any atom is 0.307 e. The molecule has 0 saturated heterocycles. The van der Waals surface area contributed by atoms with Crippen LogP contribution in [-0.4, -0.2) is 112 Å². The lowest BCUT2D eigenvalue weighted by Crippen LogP contribution is -2.26. The van der Waals surface area contributed by atoms with E-state index < -0.39 is 12.2 Å². The Bertz CT molecular complexity index is 1020. The number of nitrogens with zero attached hydrogens (tertiary/aromatic N) is 2. The van der Waals surface area contributed by atoms with Crippen LogP contribution in [0.3, 0.4) is 0 Å². The van der Waals surface area contributed by atoms with Crippen LogP contribution in [0.2, 0.25) is 0 Å². The average molecular weight is 595 g/mol. The van der Waals surface area contributed by atoms with Gasteiger partial charge >= 0.3 is 5.97 Å². The largest absolute Gasteiger partial charge is 0.493 e. The number of hydrogen-bond acceptors (Lipinski definition) is 10. The molecular weight excluding hydrogens is 552 g/mol. The summed E-state index contributed by atoms with van der Waals surface area (Å²) < 4.78 is 27.9. The zero-order valence-electron chi connectivity index (χ0n) is 24.4. The van der Waals surface area contributed by atoms with Gasteiger partial charge in [-0.2, -0.15) is 0 Å². The normalized spacial score (nSPS) is 12.7. The van der Waals surface area contributed by atoms with Crippen LogP contribution in [-0.2, 0) is 19.1 Å². The summed E-state index contributed by atoms with van der Waals surface area (Å²) in [7, 11) is 7.60. The van der Waals surface area contributed by atoms with E-state index in [9.17, 15) is 14.7 Å². The van der Waals surface area contributed by atoms with E-state index in [1.165, 1.54) is 0 Å². The zero-order chi connectivity index (χ0) is 30.0. The van der Waals surface area contributed by atoms with Crippen LogP contribution in [0.4, 0.5) is 0 Å². The van der Waals surface area contributed by atoms with E-state index in [1.54, 1.807) is 48.5 Å². The molecule has 41 heavy (non-hydrogen) atoms. The zero-order valence-corrected chi connectivity index (χ0v) is 25.2. The monoisotopic (exact) mass is 594 g/mol. The number of benzene rings is 2. The van der Waals surface area contributed by atoms with Crippen LogP contribution in [0, 0.1) is 0 Å². The summed E-state index contributed by atoms with van der Waals surface area (Å²) in [6.45, 7) is 1.69. The van der Waals surface area contributed by atoms with Gasteiger partial charge in [-0.15, -0.1) is 11.6 Å². The Hall–Kier alpha value is -2.89. The summed E-state index contributed by atoms with van der Waals surface area (Å²) in [6, 6.07) is 14.2. The molecule has 2 aromatic carbocycles. The first-order valence-corrected chi connectivity index (χ1v) is 14.1. The molecule has 0 spiro atoms. The fourth-order valence-corrected chi connectivity index (χ4v) is 3.57. The van der Waals surface area contributed by atoms with Gasteiger partial charge in [0.15, 0.2) is 5.78 Å². The number of halogens is 1. The Labute approximate surface area is 248 Å². The van der Waals surface area contributed by atoms with Gasteiger partial charge in [-0.05, 0) is 76.7 Å². The molecule has 0 amide bonds. The molecule has 2 aromatic rings. The Morgan fingerprint density at radius 3 is 1.90 bits per heavy atom. The predicted molar refractivity (Wildman–Crippen MR) is 157 cm³/mol. The second-order valence-electron chi connectivity index (χ2n) is 10.1. The van der Waals surface area contributed by atoms with Gasteiger partial charge in [0.2, 0.25) is 0 Å². The first-order valence-electron chi connectivity index (χ1n) is 13.6. The molecule has 228 valence electrons. The molecule has 0 aliphatic rings. The average Bonchev–Trinajstić information content (AvgIpc) is 2.95. The minimum atomic E-state index is -0.850. The van der Waals surface area contributed by atoms with Crippen LogP contribution in [0.25, 0.3) is 0 Å². The maximum absolute atomic E-state index is 11.9. The Balaban J connectivity index is 1.67. The fourth-order valence-electron chi connectivity index (χ4n) is 3.35. The van der Waals surface area contributed by atoms with E-state index in [0.29, 0.717) is 62.0 Å². The number of esters is 1. The van der Waals surface area contributed by atoms with Crippen molar-refractivity contribution in [1.82, 2.24) is 9.80 Å². The quantitative estimate of drug-likeness (QED) is 0.170. The summed E-state index contributed by atoms with van der Waals surface area (Å²) in [5, 5.41) is 10.0. The molecule has 2 atom stereocenters.